The van der Waals surface area contributed by atoms with E-state index in [9.17, 15) is 13.6 Å². The van der Waals surface area contributed by atoms with Crippen molar-refractivity contribution in [2.75, 3.05) is 13.1 Å². The van der Waals surface area contributed by atoms with Crippen LogP contribution in [-0.2, 0) is 0 Å². The van der Waals surface area contributed by atoms with Gasteiger partial charge in [0.25, 0.3) is 0 Å². The summed E-state index contributed by atoms with van der Waals surface area (Å²) in [6, 6.07) is 3.51. The van der Waals surface area contributed by atoms with Gasteiger partial charge < -0.3 is 5.32 Å². The molecular weight excluding hydrogens is 224 g/mol. The van der Waals surface area contributed by atoms with E-state index in [2.05, 4.69) is 5.32 Å². The lowest BCUT2D eigenvalue weighted by atomic mass is 9.91. The molecule has 1 fully saturated rings. The second-order valence-corrected chi connectivity index (χ2v) is 4.44. The maximum Gasteiger partial charge on any atom is 0.169 e. The smallest absolute Gasteiger partial charge is 0.169 e. The summed E-state index contributed by atoms with van der Waals surface area (Å²) in [5.74, 6) is -1.78. The van der Waals surface area contributed by atoms with Gasteiger partial charge in [-0.05, 0) is 44.0 Å². The highest BCUT2D eigenvalue weighted by Crippen LogP contribution is 2.20. The van der Waals surface area contributed by atoms with Crippen molar-refractivity contribution in [3.63, 3.8) is 0 Å². The Hall–Kier alpha value is -1.29. The lowest BCUT2D eigenvalue weighted by molar-refractivity contribution is 0.0945. The molecule has 1 aromatic rings. The van der Waals surface area contributed by atoms with Gasteiger partial charge >= 0.3 is 0 Å². The molecule has 0 aliphatic carbocycles. The Balaban J connectivity index is 2.08. The topological polar surface area (TPSA) is 29.1 Å². The minimum absolute atomic E-state index is 0.190. The van der Waals surface area contributed by atoms with Crippen LogP contribution in [0.15, 0.2) is 18.2 Å². The number of hydrogen-bond acceptors (Lipinski definition) is 2. The van der Waals surface area contributed by atoms with E-state index in [1.54, 1.807) is 0 Å². The Bertz CT molecular complexity index is 394. The van der Waals surface area contributed by atoms with Crippen LogP contribution >= 0.6 is 0 Å². The first-order valence-corrected chi connectivity index (χ1v) is 5.86. The quantitative estimate of drug-likeness (QED) is 0.821. The summed E-state index contributed by atoms with van der Waals surface area (Å²) in [6.45, 7) is 1.71. The monoisotopic (exact) mass is 239 g/mol. The van der Waals surface area contributed by atoms with Crippen LogP contribution in [0.5, 0.6) is 0 Å². The van der Waals surface area contributed by atoms with E-state index in [0.29, 0.717) is 0 Å². The average molecular weight is 239 g/mol. The molecule has 2 nitrogen and oxygen atoms in total. The molecule has 1 heterocycles. The van der Waals surface area contributed by atoms with Crippen molar-refractivity contribution in [2.24, 2.45) is 5.92 Å². The van der Waals surface area contributed by atoms with Crippen molar-refractivity contribution in [3.8, 4) is 0 Å². The van der Waals surface area contributed by atoms with E-state index in [0.717, 1.165) is 38.1 Å². The molecule has 1 aliphatic rings. The van der Waals surface area contributed by atoms with Crippen LogP contribution in [0.25, 0.3) is 0 Å². The van der Waals surface area contributed by atoms with Crippen LogP contribution in [-0.4, -0.2) is 18.9 Å². The molecule has 4 heteroatoms. The number of halogens is 2. The number of nitrogens with one attached hydrogen (secondary N) is 1. The van der Waals surface area contributed by atoms with Crippen molar-refractivity contribution in [1.29, 1.82) is 0 Å². The van der Waals surface area contributed by atoms with E-state index in [4.69, 9.17) is 0 Å². The maximum atomic E-state index is 13.4. The van der Waals surface area contributed by atoms with Crippen molar-refractivity contribution in [3.05, 3.63) is 35.4 Å². The number of Topliss-reactive ketones (excluding diaryl/α,β-unsaturated/α-hetero) is 1. The summed E-state index contributed by atoms with van der Waals surface area (Å²) < 4.78 is 26.8. The number of piperidine rings is 1. The zero-order chi connectivity index (χ0) is 12.3. The lowest BCUT2D eigenvalue weighted by Gasteiger charge is -2.22. The van der Waals surface area contributed by atoms with Crippen LogP contribution in [0, 0.1) is 17.6 Å². The van der Waals surface area contributed by atoms with Crippen LogP contribution < -0.4 is 5.32 Å². The fourth-order valence-electron chi connectivity index (χ4n) is 2.23. The standard InChI is InChI=1S/C13H15F2NO/c14-10-4-1-5-11(15)13(10)12(17)7-9-3-2-6-16-8-9/h1,4-5,9,16H,2-3,6-8H2. The van der Waals surface area contributed by atoms with E-state index >= 15 is 0 Å². The first kappa shape index (κ1) is 12.2. The Morgan fingerprint density at radius 3 is 2.65 bits per heavy atom. The normalized spacial score (nSPS) is 20.2. The summed E-state index contributed by atoms with van der Waals surface area (Å²) in [7, 11) is 0. The number of benzene rings is 1. The third kappa shape index (κ3) is 2.88. The molecule has 1 unspecified atom stereocenters. The van der Waals surface area contributed by atoms with E-state index in [1.165, 1.54) is 6.07 Å². The first-order valence-electron chi connectivity index (χ1n) is 5.86. The van der Waals surface area contributed by atoms with Gasteiger partial charge in [0, 0.05) is 6.42 Å². The molecule has 0 aromatic heterocycles. The summed E-state index contributed by atoms with van der Waals surface area (Å²) in [5, 5.41) is 3.18. The van der Waals surface area contributed by atoms with Crippen molar-refractivity contribution in [2.45, 2.75) is 19.3 Å². The highest BCUT2D eigenvalue weighted by molar-refractivity contribution is 5.96. The number of carbonyl (C=O) groups excluding carboxylic acids is 1. The number of hydrogen-bond donors (Lipinski definition) is 1. The van der Waals surface area contributed by atoms with Gasteiger partial charge in [-0.3, -0.25) is 4.79 Å². The molecule has 17 heavy (non-hydrogen) atoms. The summed E-state index contributed by atoms with van der Waals surface area (Å²) in [5.41, 5.74) is -0.391. The van der Waals surface area contributed by atoms with Crippen LogP contribution in [0.4, 0.5) is 8.78 Å². The van der Waals surface area contributed by atoms with Gasteiger partial charge in [-0.25, -0.2) is 8.78 Å². The second kappa shape index (κ2) is 5.36. The third-order valence-electron chi connectivity index (χ3n) is 3.11. The molecule has 92 valence electrons. The minimum Gasteiger partial charge on any atom is -0.316 e. The zero-order valence-corrected chi connectivity index (χ0v) is 9.51. The van der Waals surface area contributed by atoms with Gasteiger partial charge in [0.2, 0.25) is 0 Å². The highest BCUT2D eigenvalue weighted by atomic mass is 19.1. The zero-order valence-electron chi connectivity index (χ0n) is 9.51. The minimum atomic E-state index is -0.765. The molecule has 0 spiro atoms. The van der Waals surface area contributed by atoms with Crippen LogP contribution in [0.3, 0.4) is 0 Å². The summed E-state index contributed by atoms with van der Waals surface area (Å²) >= 11 is 0. The molecule has 1 N–H and O–H groups in total. The predicted octanol–water partition coefficient (Wildman–Crippen LogP) is 2.54. The Labute approximate surface area is 99.0 Å². The van der Waals surface area contributed by atoms with Crippen LogP contribution in [0.2, 0.25) is 0 Å². The number of ketones is 1. The van der Waals surface area contributed by atoms with Gasteiger partial charge in [-0.15, -0.1) is 0 Å². The molecular formula is C13H15F2NO. The molecule has 1 aliphatic heterocycles. The number of rotatable bonds is 3. The fraction of sp³-hybridized carbons (Fsp3) is 0.462. The highest BCUT2D eigenvalue weighted by Gasteiger charge is 2.22. The molecule has 2 rings (SSSR count). The Kier molecular flexibility index (Phi) is 3.84. The summed E-state index contributed by atoms with van der Waals surface area (Å²) in [4.78, 5) is 11.8. The van der Waals surface area contributed by atoms with Gasteiger partial charge in [0.15, 0.2) is 5.78 Å². The third-order valence-corrected chi connectivity index (χ3v) is 3.11. The molecule has 1 atom stereocenters. The summed E-state index contributed by atoms with van der Waals surface area (Å²) in [6.07, 6.45) is 2.16. The van der Waals surface area contributed by atoms with Crippen molar-refractivity contribution < 1.29 is 13.6 Å². The van der Waals surface area contributed by atoms with E-state index < -0.39 is 23.0 Å². The largest absolute Gasteiger partial charge is 0.316 e. The average Bonchev–Trinajstić information content (AvgIpc) is 2.30. The Morgan fingerprint density at radius 1 is 1.35 bits per heavy atom. The molecule has 0 radical (unpaired) electrons. The molecule has 1 aromatic carbocycles. The molecule has 1 saturated heterocycles. The van der Waals surface area contributed by atoms with Crippen LogP contribution in [0.1, 0.15) is 29.6 Å². The maximum absolute atomic E-state index is 13.4. The lowest BCUT2D eigenvalue weighted by Crippen LogP contribution is -2.31. The predicted molar refractivity (Wildman–Crippen MR) is 60.9 cm³/mol. The Morgan fingerprint density at radius 2 is 2.06 bits per heavy atom. The molecule has 0 amide bonds. The van der Waals surface area contributed by atoms with Crippen molar-refractivity contribution in [1.82, 2.24) is 5.32 Å². The first-order chi connectivity index (χ1) is 8.18. The second-order valence-electron chi connectivity index (χ2n) is 4.44. The van der Waals surface area contributed by atoms with Gasteiger partial charge in [-0.1, -0.05) is 6.07 Å². The fourth-order valence-corrected chi connectivity index (χ4v) is 2.23. The SMILES string of the molecule is O=C(CC1CCCNC1)c1c(F)cccc1F. The molecule has 0 saturated carbocycles. The molecule has 0 bridgehead atoms. The van der Waals surface area contributed by atoms with E-state index in [-0.39, 0.29) is 12.3 Å². The van der Waals surface area contributed by atoms with E-state index in [1.807, 2.05) is 0 Å². The van der Waals surface area contributed by atoms with Gasteiger partial charge in [0.1, 0.15) is 11.6 Å². The van der Waals surface area contributed by atoms with Crippen molar-refractivity contribution >= 4 is 5.78 Å². The number of carbonyl (C=O) groups is 1. The van der Waals surface area contributed by atoms with Gasteiger partial charge in [-0.2, -0.15) is 0 Å². The van der Waals surface area contributed by atoms with Gasteiger partial charge in [0.05, 0.1) is 5.56 Å².